The number of carbonyl (C=O) groups is 1. The molecule has 2 aliphatic heterocycles. The van der Waals surface area contributed by atoms with Crippen molar-refractivity contribution in [2.45, 2.75) is 19.6 Å². The standard InChI is InChI=1S/C26H25ClN2O3/c1-18-21(27)9-6-10-22(18)28-13-15-29(16-14-28)25(30)19-11-12-23-24(17-19)32-26(2,31-23)20-7-4-3-5-8-20/h3-12,17H,13-16H2,1-2H3. The molecule has 0 bridgehead atoms. The molecule has 0 spiro atoms. The van der Waals surface area contributed by atoms with Gasteiger partial charge in [0.2, 0.25) is 0 Å². The molecule has 1 atom stereocenters. The normalized spacial score (nSPS) is 19.8. The van der Waals surface area contributed by atoms with Crippen LogP contribution in [0.1, 0.15) is 28.4 Å². The molecule has 1 fully saturated rings. The number of halogens is 1. The number of piperazine rings is 1. The van der Waals surface area contributed by atoms with E-state index in [1.54, 1.807) is 6.07 Å². The molecule has 1 saturated heterocycles. The van der Waals surface area contributed by atoms with Gasteiger partial charge < -0.3 is 19.3 Å². The summed E-state index contributed by atoms with van der Waals surface area (Å²) in [5.74, 6) is 0.350. The molecule has 0 radical (unpaired) electrons. The van der Waals surface area contributed by atoms with Crippen molar-refractivity contribution < 1.29 is 14.3 Å². The number of rotatable bonds is 3. The first-order valence-electron chi connectivity index (χ1n) is 10.8. The molecule has 2 aliphatic rings. The van der Waals surface area contributed by atoms with Crippen molar-refractivity contribution in [3.63, 3.8) is 0 Å². The van der Waals surface area contributed by atoms with Gasteiger partial charge in [0.1, 0.15) is 0 Å². The van der Waals surface area contributed by atoms with Gasteiger partial charge in [0.05, 0.1) is 0 Å². The Morgan fingerprint density at radius 1 is 0.906 bits per heavy atom. The summed E-state index contributed by atoms with van der Waals surface area (Å²) in [6, 6.07) is 21.2. The molecule has 0 saturated carbocycles. The summed E-state index contributed by atoms with van der Waals surface area (Å²) in [5, 5.41) is 0.767. The van der Waals surface area contributed by atoms with E-state index in [1.807, 2.05) is 73.3 Å². The summed E-state index contributed by atoms with van der Waals surface area (Å²) in [7, 11) is 0. The Labute approximate surface area is 193 Å². The van der Waals surface area contributed by atoms with Crippen LogP contribution in [0.15, 0.2) is 66.7 Å². The van der Waals surface area contributed by atoms with Crippen molar-refractivity contribution in [3.05, 3.63) is 88.4 Å². The summed E-state index contributed by atoms with van der Waals surface area (Å²) in [4.78, 5) is 17.4. The first kappa shape index (κ1) is 20.7. The maximum atomic E-state index is 13.2. The molecule has 0 aromatic heterocycles. The minimum absolute atomic E-state index is 0.00665. The molecule has 5 nitrogen and oxygen atoms in total. The third-order valence-electron chi connectivity index (χ3n) is 6.24. The highest BCUT2D eigenvalue weighted by atomic mass is 35.5. The Balaban J connectivity index is 1.28. The number of nitrogens with zero attached hydrogens (tertiary/aromatic N) is 2. The summed E-state index contributed by atoms with van der Waals surface area (Å²) in [5.41, 5.74) is 3.74. The van der Waals surface area contributed by atoms with Gasteiger partial charge in [-0.15, -0.1) is 0 Å². The third kappa shape index (κ3) is 3.67. The van der Waals surface area contributed by atoms with Crippen LogP contribution in [0, 0.1) is 6.92 Å². The Hall–Kier alpha value is -3.18. The molecule has 6 heteroatoms. The van der Waals surface area contributed by atoms with Gasteiger partial charge in [-0.05, 0) is 42.8 Å². The van der Waals surface area contributed by atoms with Crippen LogP contribution in [0.5, 0.6) is 11.5 Å². The first-order valence-corrected chi connectivity index (χ1v) is 11.2. The molecule has 0 aliphatic carbocycles. The number of fused-ring (bicyclic) bond motifs is 1. The predicted octanol–water partition coefficient (Wildman–Crippen LogP) is 5.25. The predicted molar refractivity (Wildman–Crippen MR) is 126 cm³/mol. The second-order valence-electron chi connectivity index (χ2n) is 8.34. The molecule has 2 heterocycles. The summed E-state index contributed by atoms with van der Waals surface area (Å²) < 4.78 is 12.2. The largest absolute Gasteiger partial charge is 0.445 e. The van der Waals surface area contributed by atoms with E-state index < -0.39 is 5.79 Å². The highest BCUT2D eigenvalue weighted by molar-refractivity contribution is 6.31. The molecule has 0 N–H and O–H groups in total. The fourth-order valence-corrected chi connectivity index (χ4v) is 4.55. The van der Waals surface area contributed by atoms with E-state index in [2.05, 4.69) is 11.0 Å². The van der Waals surface area contributed by atoms with E-state index in [0.29, 0.717) is 30.2 Å². The fraction of sp³-hybridized carbons (Fsp3) is 0.269. The zero-order valence-corrected chi connectivity index (χ0v) is 18.9. The number of anilines is 1. The SMILES string of the molecule is Cc1c(Cl)cccc1N1CCN(C(=O)c2ccc3c(c2)OC(C)(c2ccccc2)O3)CC1. The number of carbonyl (C=O) groups excluding carboxylic acids is 1. The van der Waals surface area contributed by atoms with Gasteiger partial charge in [0.15, 0.2) is 11.5 Å². The van der Waals surface area contributed by atoms with Crippen molar-refractivity contribution in [2.24, 2.45) is 0 Å². The third-order valence-corrected chi connectivity index (χ3v) is 6.65. The van der Waals surface area contributed by atoms with E-state index in [0.717, 1.165) is 34.9 Å². The lowest BCUT2D eigenvalue weighted by Gasteiger charge is -2.37. The molecular weight excluding hydrogens is 424 g/mol. The second-order valence-corrected chi connectivity index (χ2v) is 8.75. The Morgan fingerprint density at radius 3 is 2.38 bits per heavy atom. The number of hydrogen-bond acceptors (Lipinski definition) is 4. The van der Waals surface area contributed by atoms with Gasteiger partial charge in [-0.1, -0.05) is 48.0 Å². The van der Waals surface area contributed by atoms with Crippen LogP contribution < -0.4 is 14.4 Å². The lowest BCUT2D eigenvalue weighted by Crippen LogP contribution is -2.49. The van der Waals surface area contributed by atoms with Gasteiger partial charge in [-0.3, -0.25) is 4.79 Å². The quantitative estimate of drug-likeness (QED) is 0.548. The Kier molecular flexibility index (Phi) is 5.22. The highest BCUT2D eigenvalue weighted by Crippen LogP contribution is 2.44. The Morgan fingerprint density at radius 2 is 1.62 bits per heavy atom. The monoisotopic (exact) mass is 448 g/mol. The highest BCUT2D eigenvalue weighted by Gasteiger charge is 2.39. The van der Waals surface area contributed by atoms with Crippen molar-refractivity contribution in [3.8, 4) is 11.5 Å². The van der Waals surface area contributed by atoms with Crippen LogP contribution in [0.4, 0.5) is 5.69 Å². The lowest BCUT2D eigenvalue weighted by molar-refractivity contribution is -0.0680. The van der Waals surface area contributed by atoms with Crippen LogP contribution in [-0.2, 0) is 5.79 Å². The Bertz CT molecular complexity index is 1160. The van der Waals surface area contributed by atoms with Crippen LogP contribution in [0.3, 0.4) is 0 Å². The van der Waals surface area contributed by atoms with Crippen LogP contribution in [0.25, 0.3) is 0 Å². The van der Waals surface area contributed by atoms with Gasteiger partial charge in [0, 0.05) is 54.9 Å². The van der Waals surface area contributed by atoms with Crippen LogP contribution in [0.2, 0.25) is 5.02 Å². The molecule has 1 unspecified atom stereocenters. The molecule has 1 amide bonds. The topological polar surface area (TPSA) is 42.0 Å². The maximum Gasteiger partial charge on any atom is 0.275 e. The van der Waals surface area contributed by atoms with E-state index >= 15 is 0 Å². The number of amides is 1. The molecule has 164 valence electrons. The van der Waals surface area contributed by atoms with E-state index in [-0.39, 0.29) is 5.91 Å². The van der Waals surface area contributed by atoms with Crippen LogP contribution in [-0.4, -0.2) is 37.0 Å². The average Bonchev–Trinajstić information content (AvgIpc) is 3.18. The summed E-state index contributed by atoms with van der Waals surface area (Å²) in [6.07, 6.45) is 0. The lowest BCUT2D eigenvalue weighted by atomic mass is 10.1. The van der Waals surface area contributed by atoms with Crippen molar-refractivity contribution in [2.75, 3.05) is 31.1 Å². The van der Waals surface area contributed by atoms with E-state index in [9.17, 15) is 4.79 Å². The smallest absolute Gasteiger partial charge is 0.275 e. The van der Waals surface area contributed by atoms with Gasteiger partial charge >= 0.3 is 0 Å². The summed E-state index contributed by atoms with van der Waals surface area (Å²) >= 11 is 6.28. The fourth-order valence-electron chi connectivity index (χ4n) is 4.38. The minimum Gasteiger partial charge on any atom is -0.445 e. The maximum absolute atomic E-state index is 13.2. The number of hydrogen-bond donors (Lipinski definition) is 0. The van der Waals surface area contributed by atoms with Crippen molar-refractivity contribution >= 4 is 23.2 Å². The van der Waals surface area contributed by atoms with Gasteiger partial charge in [-0.25, -0.2) is 0 Å². The average molecular weight is 449 g/mol. The molecule has 32 heavy (non-hydrogen) atoms. The second kappa shape index (κ2) is 8.06. The minimum atomic E-state index is -0.897. The van der Waals surface area contributed by atoms with Gasteiger partial charge in [-0.2, -0.15) is 0 Å². The zero-order chi connectivity index (χ0) is 22.3. The van der Waals surface area contributed by atoms with Gasteiger partial charge in [0.25, 0.3) is 11.7 Å². The molecule has 3 aromatic rings. The number of benzene rings is 3. The summed E-state index contributed by atoms with van der Waals surface area (Å²) in [6.45, 7) is 6.76. The molecule has 3 aromatic carbocycles. The van der Waals surface area contributed by atoms with E-state index in [4.69, 9.17) is 21.1 Å². The first-order chi connectivity index (χ1) is 15.4. The van der Waals surface area contributed by atoms with Crippen molar-refractivity contribution in [1.82, 2.24) is 4.90 Å². The molecule has 5 rings (SSSR count). The van der Waals surface area contributed by atoms with Crippen LogP contribution >= 0.6 is 11.6 Å². The zero-order valence-electron chi connectivity index (χ0n) is 18.2. The van der Waals surface area contributed by atoms with Crippen molar-refractivity contribution in [1.29, 1.82) is 0 Å². The molecular formula is C26H25ClN2O3. The van der Waals surface area contributed by atoms with E-state index in [1.165, 1.54) is 0 Å². The number of ether oxygens (including phenoxy) is 2.